The Bertz CT molecular complexity index is 558. The van der Waals surface area contributed by atoms with E-state index in [1.54, 1.807) is 55.5 Å². The summed E-state index contributed by atoms with van der Waals surface area (Å²) in [6, 6.07) is 13.9. The van der Waals surface area contributed by atoms with Crippen LogP contribution < -0.4 is 4.74 Å². The third kappa shape index (κ3) is 3.59. The van der Waals surface area contributed by atoms with Crippen LogP contribution in [-0.4, -0.2) is 17.7 Å². The molecule has 2 rings (SSSR count). The summed E-state index contributed by atoms with van der Waals surface area (Å²) < 4.78 is 10.5. The largest absolute Gasteiger partial charge is 0.462 e. The Hall–Kier alpha value is -2.33. The quantitative estimate of drug-likeness (QED) is 0.849. The van der Waals surface area contributed by atoms with E-state index in [9.17, 15) is 4.79 Å². The van der Waals surface area contributed by atoms with Crippen molar-refractivity contribution < 1.29 is 19.4 Å². The summed E-state index contributed by atoms with van der Waals surface area (Å²) in [5.74, 6) is 0.965. The van der Waals surface area contributed by atoms with Crippen molar-refractivity contribution in [2.24, 2.45) is 0 Å². The van der Waals surface area contributed by atoms with Crippen LogP contribution in [0.3, 0.4) is 0 Å². The monoisotopic (exact) mass is 272 g/mol. The maximum absolute atomic E-state index is 11.5. The van der Waals surface area contributed by atoms with Gasteiger partial charge in [-0.2, -0.15) is 0 Å². The van der Waals surface area contributed by atoms with Crippen molar-refractivity contribution >= 4 is 5.97 Å². The number of benzene rings is 2. The molecule has 2 aromatic rings. The molecule has 20 heavy (non-hydrogen) atoms. The highest BCUT2D eigenvalue weighted by molar-refractivity contribution is 5.89. The molecule has 0 saturated carbocycles. The molecule has 0 aliphatic carbocycles. The van der Waals surface area contributed by atoms with Crippen LogP contribution in [0.15, 0.2) is 48.5 Å². The van der Waals surface area contributed by atoms with Crippen LogP contribution in [0.4, 0.5) is 0 Å². The van der Waals surface area contributed by atoms with Gasteiger partial charge in [0.25, 0.3) is 0 Å². The van der Waals surface area contributed by atoms with Crippen molar-refractivity contribution in [3.05, 3.63) is 59.7 Å². The maximum atomic E-state index is 11.5. The summed E-state index contributed by atoms with van der Waals surface area (Å²) >= 11 is 0. The standard InChI is InChI=1S/C16H16O4/c1-2-19-16(18)13-5-9-15(10-6-13)20-14-7-3-12(11-17)4-8-14/h3-10,17H,2,11H2,1H3. The first-order valence-electron chi connectivity index (χ1n) is 6.37. The van der Waals surface area contributed by atoms with E-state index in [0.29, 0.717) is 23.7 Å². The Morgan fingerprint density at radius 2 is 1.55 bits per heavy atom. The highest BCUT2D eigenvalue weighted by Gasteiger charge is 2.06. The number of rotatable bonds is 5. The minimum atomic E-state index is -0.341. The van der Waals surface area contributed by atoms with Gasteiger partial charge in [-0.3, -0.25) is 0 Å². The third-order valence-electron chi connectivity index (χ3n) is 2.71. The van der Waals surface area contributed by atoms with Crippen molar-refractivity contribution in [3.8, 4) is 11.5 Å². The smallest absolute Gasteiger partial charge is 0.338 e. The van der Waals surface area contributed by atoms with Gasteiger partial charge in [0.2, 0.25) is 0 Å². The van der Waals surface area contributed by atoms with Gasteiger partial charge in [-0.05, 0) is 48.9 Å². The molecule has 0 aromatic heterocycles. The molecule has 1 N–H and O–H groups in total. The molecule has 0 fully saturated rings. The van der Waals surface area contributed by atoms with Crippen LogP contribution in [0.1, 0.15) is 22.8 Å². The minimum Gasteiger partial charge on any atom is -0.462 e. The highest BCUT2D eigenvalue weighted by atomic mass is 16.5. The van der Waals surface area contributed by atoms with E-state index < -0.39 is 0 Å². The van der Waals surface area contributed by atoms with Crippen molar-refractivity contribution in [2.45, 2.75) is 13.5 Å². The molecule has 0 unspecified atom stereocenters. The normalized spacial score (nSPS) is 10.1. The Morgan fingerprint density at radius 3 is 2.05 bits per heavy atom. The molecular weight excluding hydrogens is 256 g/mol. The Kier molecular flexibility index (Phi) is 4.74. The average Bonchev–Trinajstić information content (AvgIpc) is 2.49. The maximum Gasteiger partial charge on any atom is 0.338 e. The van der Waals surface area contributed by atoms with Crippen LogP contribution in [0, 0.1) is 0 Å². The van der Waals surface area contributed by atoms with Gasteiger partial charge in [0.15, 0.2) is 0 Å². The van der Waals surface area contributed by atoms with Crippen LogP contribution in [0.25, 0.3) is 0 Å². The van der Waals surface area contributed by atoms with Gasteiger partial charge >= 0.3 is 5.97 Å². The van der Waals surface area contributed by atoms with Crippen LogP contribution in [-0.2, 0) is 11.3 Å². The van der Waals surface area contributed by atoms with Gasteiger partial charge in [-0.15, -0.1) is 0 Å². The third-order valence-corrected chi connectivity index (χ3v) is 2.71. The van der Waals surface area contributed by atoms with Gasteiger partial charge in [0, 0.05) is 0 Å². The molecule has 0 heterocycles. The number of hydrogen-bond acceptors (Lipinski definition) is 4. The lowest BCUT2D eigenvalue weighted by molar-refractivity contribution is 0.0526. The van der Waals surface area contributed by atoms with E-state index >= 15 is 0 Å². The average molecular weight is 272 g/mol. The summed E-state index contributed by atoms with van der Waals surface area (Å²) in [6.45, 7) is 2.13. The fourth-order valence-electron chi connectivity index (χ4n) is 1.67. The fraction of sp³-hybridized carbons (Fsp3) is 0.188. The number of ether oxygens (including phenoxy) is 2. The van der Waals surface area contributed by atoms with E-state index in [1.807, 2.05) is 0 Å². The second kappa shape index (κ2) is 6.73. The van der Waals surface area contributed by atoms with Crippen molar-refractivity contribution in [1.29, 1.82) is 0 Å². The van der Waals surface area contributed by atoms with Crippen molar-refractivity contribution in [1.82, 2.24) is 0 Å². The zero-order valence-corrected chi connectivity index (χ0v) is 11.2. The molecule has 0 saturated heterocycles. The predicted octanol–water partition coefficient (Wildman–Crippen LogP) is 3.15. The second-order valence-corrected chi connectivity index (χ2v) is 4.15. The number of aliphatic hydroxyl groups is 1. The molecule has 0 aliphatic rings. The Morgan fingerprint density at radius 1 is 1.00 bits per heavy atom. The zero-order chi connectivity index (χ0) is 14.4. The summed E-state index contributed by atoms with van der Waals surface area (Å²) in [5, 5.41) is 8.96. The van der Waals surface area contributed by atoms with Crippen LogP contribution in [0.2, 0.25) is 0 Å². The van der Waals surface area contributed by atoms with Gasteiger partial charge in [-0.25, -0.2) is 4.79 Å². The molecule has 0 bridgehead atoms. The molecule has 4 nitrogen and oxygen atoms in total. The lowest BCUT2D eigenvalue weighted by Crippen LogP contribution is -2.03. The topological polar surface area (TPSA) is 55.8 Å². The fourth-order valence-corrected chi connectivity index (χ4v) is 1.67. The van der Waals surface area contributed by atoms with E-state index in [4.69, 9.17) is 14.6 Å². The molecule has 104 valence electrons. The van der Waals surface area contributed by atoms with Gasteiger partial charge < -0.3 is 14.6 Å². The molecule has 0 aliphatic heterocycles. The highest BCUT2D eigenvalue weighted by Crippen LogP contribution is 2.22. The lowest BCUT2D eigenvalue weighted by Gasteiger charge is -2.07. The first kappa shape index (κ1) is 14.1. The van der Waals surface area contributed by atoms with Gasteiger partial charge in [0.05, 0.1) is 18.8 Å². The van der Waals surface area contributed by atoms with Crippen LogP contribution in [0.5, 0.6) is 11.5 Å². The van der Waals surface area contributed by atoms with Crippen molar-refractivity contribution in [2.75, 3.05) is 6.61 Å². The molecule has 4 heteroatoms. The number of hydrogen-bond donors (Lipinski definition) is 1. The SMILES string of the molecule is CCOC(=O)c1ccc(Oc2ccc(CO)cc2)cc1. The summed E-state index contributed by atoms with van der Waals surface area (Å²) in [6.07, 6.45) is 0. The van der Waals surface area contributed by atoms with E-state index in [1.165, 1.54) is 0 Å². The zero-order valence-electron chi connectivity index (χ0n) is 11.2. The van der Waals surface area contributed by atoms with Gasteiger partial charge in [0.1, 0.15) is 11.5 Å². The molecule has 0 radical (unpaired) electrons. The second-order valence-electron chi connectivity index (χ2n) is 4.15. The van der Waals surface area contributed by atoms with Gasteiger partial charge in [-0.1, -0.05) is 12.1 Å². The predicted molar refractivity (Wildman–Crippen MR) is 74.8 cm³/mol. The number of esters is 1. The Labute approximate surface area is 117 Å². The molecule has 0 spiro atoms. The Balaban J connectivity index is 2.04. The van der Waals surface area contributed by atoms with E-state index in [2.05, 4.69) is 0 Å². The number of carbonyl (C=O) groups is 1. The van der Waals surface area contributed by atoms with Crippen molar-refractivity contribution in [3.63, 3.8) is 0 Å². The molecule has 0 atom stereocenters. The lowest BCUT2D eigenvalue weighted by atomic mass is 10.2. The van der Waals surface area contributed by atoms with E-state index in [-0.39, 0.29) is 12.6 Å². The molecule has 0 amide bonds. The first-order chi connectivity index (χ1) is 9.72. The minimum absolute atomic E-state index is 0.00845. The summed E-state index contributed by atoms with van der Waals surface area (Å²) in [4.78, 5) is 11.5. The summed E-state index contributed by atoms with van der Waals surface area (Å²) in [5.41, 5.74) is 1.32. The van der Waals surface area contributed by atoms with Crippen LogP contribution >= 0.6 is 0 Å². The first-order valence-corrected chi connectivity index (χ1v) is 6.37. The summed E-state index contributed by atoms with van der Waals surface area (Å²) in [7, 11) is 0. The van der Waals surface area contributed by atoms with E-state index in [0.717, 1.165) is 5.56 Å². The molecular formula is C16H16O4. The molecule has 2 aromatic carbocycles. The number of aliphatic hydroxyl groups excluding tert-OH is 1. The number of carbonyl (C=O) groups excluding carboxylic acids is 1.